The van der Waals surface area contributed by atoms with Gasteiger partial charge in [-0.05, 0) is 136 Å². The second-order valence-corrected chi connectivity index (χ2v) is 22.1. The molecule has 0 atom stereocenters. The number of rotatable bonds is 2. The Balaban J connectivity index is 0.000000173. The SMILES string of the molecule is Brc1ccc(Br)cc1.CC(C)(C)c1ccc2[nH]c3ccccc3c2c1.CC(C)(C)c1ccc2c(c1)c1ccccc1n2-c1ccc(-n2c3ccccc3c3cc(C(C)(C)C)ccc32)cc1. The second-order valence-electron chi connectivity index (χ2n) is 20.3. The topological polar surface area (TPSA) is 25.6 Å². The summed E-state index contributed by atoms with van der Waals surface area (Å²) >= 11 is 6.65. The molecule has 1 N–H and O–H groups in total. The lowest BCUT2D eigenvalue weighted by atomic mass is 9.86. The van der Waals surface area contributed by atoms with E-state index in [1.807, 2.05) is 24.3 Å². The van der Waals surface area contributed by atoms with Gasteiger partial charge in [0.1, 0.15) is 0 Å². The predicted octanol–water partition coefficient (Wildman–Crippen LogP) is 18.3. The van der Waals surface area contributed by atoms with Crippen molar-refractivity contribution in [1.82, 2.24) is 14.1 Å². The first-order valence-electron chi connectivity index (χ1n) is 22.6. The molecule has 326 valence electrons. The number of aromatic nitrogens is 3. The van der Waals surface area contributed by atoms with Crippen LogP contribution >= 0.6 is 31.9 Å². The minimum atomic E-state index is 0.106. The van der Waals surface area contributed by atoms with Crippen LogP contribution in [0.1, 0.15) is 79.0 Å². The monoisotopic (exact) mass is 977 g/mol. The molecule has 0 unspecified atom stereocenters. The Kier molecular flexibility index (Phi) is 11.7. The Morgan fingerprint density at radius 1 is 0.323 bits per heavy atom. The summed E-state index contributed by atoms with van der Waals surface area (Å²) < 4.78 is 7.03. The van der Waals surface area contributed by atoms with Gasteiger partial charge in [0.2, 0.25) is 0 Å². The molecule has 65 heavy (non-hydrogen) atoms. The van der Waals surface area contributed by atoms with Crippen molar-refractivity contribution in [3.05, 3.63) is 202 Å². The standard InChI is InChI=1S/C38H36N2.C16H17N.C6H4Br2/c1-37(2,3)25-15-21-35-31(23-25)29-11-7-9-13-33(29)39(35)27-17-19-28(20-18-27)40-34-14-10-8-12-30(34)32-24-26(38(4,5)6)16-22-36(32)40;1-16(2,3)11-8-9-15-13(10-11)12-6-4-5-7-14(12)17-15;7-5-1-2-6(8)4-3-5/h7-24H,1-6H3;4-10,17H,1-3H3;1-4H. The van der Waals surface area contributed by atoms with Gasteiger partial charge in [0.05, 0.1) is 22.1 Å². The molecule has 11 aromatic rings. The Morgan fingerprint density at radius 2 is 0.662 bits per heavy atom. The molecule has 8 aromatic carbocycles. The first-order valence-corrected chi connectivity index (χ1v) is 24.1. The third-order valence-electron chi connectivity index (χ3n) is 12.6. The zero-order valence-corrected chi connectivity index (χ0v) is 42.1. The van der Waals surface area contributed by atoms with E-state index < -0.39 is 0 Å². The number of H-pyrrole nitrogens is 1. The van der Waals surface area contributed by atoms with Crippen LogP contribution in [0.25, 0.3) is 76.8 Å². The van der Waals surface area contributed by atoms with E-state index in [2.05, 4.69) is 260 Å². The van der Waals surface area contributed by atoms with Crippen molar-refractivity contribution >= 4 is 97.3 Å². The van der Waals surface area contributed by atoms with E-state index in [1.165, 1.54) is 93.5 Å². The first-order chi connectivity index (χ1) is 31.0. The summed E-state index contributed by atoms with van der Waals surface area (Å²) in [6.07, 6.45) is 0. The molecule has 3 nitrogen and oxygen atoms in total. The minimum absolute atomic E-state index is 0.106. The van der Waals surface area contributed by atoms with E-state index in [9.17, 15) is 0 Å². The van der Waals surface area contributed by atoms with Crippen molar-refractivity contribution in [2.45, 2.75) is 78.6 Å². The fraction of sp³-hybridized carbons (Fsp3) is 0.200. The molecule has 0 aliphatic heterocycles. The summed E-state index contributed by atoms with van der Waals surface area (Å²) in [7, 11) is 0. The lowest BCUT2D eigenvalue weighted by molar-refractivity contribution is 0.591. The quantitative estimate of drug-likeness (QED) is 0.179. The van der Waals surface area contributed by atoms with Crippen molar-refractivity contribution in [2.24, 2.45) is 0 Å². The molecule has 0 radical (unpaired) electrons. The Labute approximate surface area is 400 Å². The molecule has 0 aliphatic rings. The predicted molar refractivity (Wildman–Crippen MR) is 289 cm³/mol. The molecular weight excluding hydrogens is 922 g/mol. The van der Waals surface area contributed by atoms with Crippen molar-refractivity contribution < 1.29 is 0 Å². The highest BCUT2D eigenvalue weighted by molar-refractivity contribution is 9.11. The number of para-hydroxylation sites is 3. The van der Waals surface area contributed by atoms with Gasteiger partial charge in [0.15, 0.2) is 0 Å². The van der Waals surface area contributed by atoms with E-state index in [0.29, 0.717) is 0 Å². The highest BCUT2D eigenvalue weighted by Gasteiger charge is 2.20. The highest BCUT2D eigenvalue weighted by Crippen LogP contribution is 2.38. The van der Waals surface area contributed by atoms with Crippen LogP contribution in [-0.4, -0.2) is 14.1 Å². The third kappa shape index (κ3) is 8.81. The van der Waals surface area contributed by atoms with E-state index in [4.69, 9.17) is 0 Å². The van der Waals surface area contributed by atoms with Gasteiger partial charge in [-0.1, -0.05) is 167 Å². The van der Waals surface area contributed by atoms with Gasteiger partial charge in [0.25, 0.3) is 0 Å². The number of fused-ring (bicyclic) bond motifs is 9. The summed E-state index contributed by atoms with van der Waals surface area (Å²) in [5.74, 6) is 0. The van der Waals surface area contributed by atoms with Crippen LogP contribution in [-0.2, 0) is 16.2 Å². The number of halogens is 2. The maximum atomic E-state index is 3.46. The second kappa shape index (κ2) is 17.2. The summed E-state index contributed by atoms with van der Waals surface area (Å²) in [4.78, 5) is 3.46. The van der Waals surface area contributed by atoms with E-state index in [-0.39, 0.29) is 16.2 Å². The third-order valence-corrected chi connectivity index (χ3v) is 13.7. The fourth-order valence-electron chi connectivity index (χ4n) is 8.93. The van der Waals surface area contributed by atoms with E-state index >= 15 is 0 Å². The largest absolute Gasteiger partial charge is 0.355 e. The Bertz CT molecular complexity index is 3320. The molecule has 0 bridgehead atoms. The van der Waals surface area contributed by atoms with Crippen molar-refractivity contribution in [2.75, 3.05) is 0 Å². The maximum Gasteiger partial charge on any atom is 0.0541 e. The molecule has 0 amide bonds. The number of hydrogen-bond donors (Lipinski definition) is 1. The molecule has 3 aromatic heterocycles. The summed E-state index contributed by atoms with van der Waals surface area (Å²) in [6, 6.07) is 63.7. The van der Waals surface area contributed by atoms with E-state index in [0.717, 1.165) is 8.95 Å². The zero-order valence-electron chi connectivity index (χ0n) is 38.9. The van der Waals surface area contributed by atoms with Crippen LogP contribution in [0.2, 0.25) is 0 Å². The summed E-state index contributed by atoms with van der Waals surface area (Å²) in [6.45, 7) is 20.5. The maximum absolute atomic E-state index is 3.46. The average molecular weight is 980 g/mol. The van der Waals surface area contributed by atoms with Crippen molar-refractivity contribution in [3.63, 3.8) is 0 Å². The number of aromatic amines is 1. The lowest BCUT2D eigenvalue weighted by Gasteiger charge is -2.19. The molecule has 0 fully saturated rings. The lowest BCUT2D eigenvalue weighted by Crippen LogP contribution is -2.10. The number of benzene rings is 8. The zero-order chi connectivity index (χ0) is 45.8. The first kappa shape index (κ1) is 44.3. The summed E-state index contributed by atoms with van der Waals surface area (Å²) in [5.41, 5.74) is 14.3. The van der Waals surface area contributed by atoms with Crippen LogP contribution in [0.5, 0.6) is 0 Å². The van der Waals surface area contributed by atoms with Gasteiger partial charge in [-0.25, -0.2) is 0 Å². The molecular formula is C60H57Br2N3. The molecule has 3 heterocycles. The molecule has 11 rings (SSSR count). The Hall–Kier alpha value is -5.88. The molecule has 0 saturated heterocycles. The highest BCUT2D eigenvalue weighted by atomic mass is 79.9. The van der Waals surface area contributed by atoms with Gasteiger partial charge in [-0.15, -0.1) is 0 Å². The molecule has 0 aliphatic carbocycles. The van der Waals surface area contributed by atoms with E-state index in [1.54, 1.807) is 0 Å². The van der Waals surface area contributed by atoms with Gasteiger partial charge < -0.3 is 14.1 Å². The summed E-state index contributed by atoms with van der Waals surface area (Å²) in [5, 5.41) is 7.85. The van der Waals surface area contributed by atoms with Crippen LogP contribution in [0.4, 0.5) is 0 Å². The molecule has 5 heteroatoms. The smallest absolute Gasteiger partial charge is 0.0541 e. The average Bonchev–Trinajstić information content (AvgIpc) is 3.94. The van der Waals surface area contributed by atoms with Crippen molar-refractivity contribution in [3.8, 4) is 11.4 Å². The van der Waals surface area contributed by atoms with Gasteiger partial charge in [-0.2, -0.15) is 0 Å². The minimum Gasteiger partial charge on any atom is -0.355 e. The van der Waals surface area contributed by atoms with Crippen LogP contribution in [0.15, 0.2) is 185 Å². The number of nitrogens with one attached hydrogen (secondary N) is 1. The molecule has 0 saturated carbocycles. The van der Waals surface area contributed by atoms with Gasteiger partial charge >= 0.3 is 0 Å². The van der Waals surface area contributed by atoms with Crippen molar-refractivity contribution in [1.29, 1.82) is 0 Å². The number of hydrogen-bond acceptors (Lipinski definition) is 0. The Morgan fingerprint density at radius 3 is 1.09 bits per heavy atom. The number of nitrogens with zero attached hydrogens (tertiary/aromatic N) is 2. The van der Waals surface area contributed by atoms with Crippen LogP contribution in [0, 0.1) is 0 Å². The van der Waals surface area contributed by atoms with Gasteiger partial charge in [0, 0.05) is 63.7 Å². The van der Waals surface area contributed by atoms with Crippen LogP contribution < -0.4 is 0 Å². The van der Waals surface area contributed by atoms with Gasteiger partial charge in [-0.3, -0.25) is 0 Å². The molecule has 0 spiro atoms. The normalized spacial score (nSPS) is 12.2. The fourth-order valence-corrected chi connectivity index (χ4v) is 9.46. The van der Waals surface area contributed by atoms with Crippen LogP contribution in [0.3, 0.4) is 0 Å².